The zero-order valence-electron chi connectivity index (χ0n) is 8.76. The molecule has 0 saturated carbocycles. The minimum atomic E-state index is -0.801. The van der Waals surface area contributed by atoms with Crippen LogP contribution in [0.25, 0.3) is 0 Å². The molecule has 80 valence electrons. The molecule has 1 aromatic carbocycles. The predicted octanol–water partition coefficient (Wildman–Crippen LogP) is 2.54. The Balaban J connectivity index is 2.50. The van der Waals surface area contributed by atoms with E-state index in [0.29, 0.717) is 11.5 Å². The van der Waals surface area contributed by atoms with E-state index in [4.69, 9.17) is 9.47 Å². The van der Waals surface area contributed by atoms with Gasteiger partial charge in [-0.15, -0.1) is 0 Å². The highest BCUT2D eigenvalue weighted by molar-refractivity contribution is 5.95. The standard InChI is InChI=1S/C11H11FO3/c1-6(13)7-4-9-10(5-8(7)12)15-11(2,3)14-9/h4-5H,1-3H3. The van der Waals surface area contributed by atoms with E-state index in [1.807, 2.05) is 0 Å². The lowest BCUT2D eigenvalue weighted by Crippen LogP contribution is -2.29. The van der Waals surface area contributed by atoms with Gasteiger partial charge in [0, 0.05) is 19.9 Å². The molecule has 0 fully saturated rings. The van der Waals surface area contributed by atoms with Crippen molar-refractivity contribution in [1.29, 1.82) is 0 Å². The molecule has 0 amide bonds. The molecule has 0 unspecified atom stereocenters. The van der Waals surface area contributed by atoms with Gasteiger partial charge in [-0.2, -0.15) is 0 Å². The van der Waals surface area contributed by atoms with E-state index in [1.165, 1.54) is 19.1 Å². The maximum Gasteiger partial charge on any atom is 0.246 e. The summed E-state index contributed by atoms with van der Waals surface area (Å²) >= 11 is 0. The van der Waals surface area contributed by atoms with Gasteiger partial charge in [-0.1, -0.05) is 0 Å². The van der Waals surface area contributed by atoms with Crippen LogP contribution in [-0.4, -0.2) is 11.6 Å². The maximum atomic E-state index is 13.4. The number of hydrogen-bond acceptors (Lipinski definition) is 3. The van der Waals surface area contributed by atoms with Gasteiger partial charge in [-0.05, 0) is 13.0 Å². The molecule has 0 radical (unpaired) electrons. The number of ketones is 1. The van der Waals surface area contributed by atoms with Gasteiger partial charge in [0.25, 0.3) is 0 Å². The van der Waals surface area contributed by atoms with Crippen molar-refractivity contribution in [1.82, 2.24) is 0 Å². The number of hydrogen-bond donors (Lipinski definition) is 0. The topological polar surface area (TPSA) is 35.5 Å². The molecular formula is C11H11FO3. The van der Waals surface area contributed by atoms with Crippen LogP contribution in [0.5, 0.6) is 11.5 Å². The number of Topliss-reactive ketones (excluding diaryl/α,β-unsaturated/α-hetero) is 1. The van der Waals surface area contributed by atoms with Gasteiger partial charge < -0.3 is 9.47 Å². The molecule has 0 aromatic heterocycles. The molecule has 1 aromatic rings. The molecule has 0 N–H and O–H groups in total. The van der Waals surface area contributed by atoms with Gasteiger partial charge in [0.1, 0.15) is 5.82 Å². The quantitative estimate of drug-likeness (QED) is 0.668. The molecular weight excluding hydrogens is 199 g/mol. The van der Waals surface area contributed by atoms with Crippen molar-refractivity contribution in [2.24, 2.45) is 0 Å². The molecule has 1 aliphatic heterocycles. The van der Waals surface area contributed by atoms with Crippen molar-refractivity contribution in [3.05, 3.63) is 23.5 Å². The van der Waals surface area contributed by atoms with Crippen molar-refractivity contribution in [2.75, 3.05) is 0 Å². The molecule has 0 bridgehead atoms. The van der Waals surface area contributed by atoms with Crippen molar-refractivity contribution >= 4 is 5.78 Å². The number of carbonyl (C=O) groups excluding carboxylic acids is 1. The number of carbonyl (C=O) groups is 1. The van der Waals surface area contributed by atoms with Crippen LogP contribution in [0.4, 0.5) is 4.39 Å². The normalized spacial score (nSPS) is 16.5. The molecule has 2 rings (SSSR count). The molecule has 0 aliphatic carbocycles. The SMILES string of the molecule is CC(=O)c1cc2c(cc1F)OC(C)(C)O2. The lowest BCUT2D eigenvalue weighted by Gasteiger charge is -2.16. The summed E-state index contributed by atoms with van der Waals surface area (Å²) in [6.45, 7) is 4.75. The molecule has 15 heavy (non-hydrogen) atoms. The highest BCUT2D eigenvalue weighted by Crippen LogP contribution is 2.40. The Bertz CT molecular complexity index is 438. The first kappa shape index (κ1) is 9.96. The zero-order chi connectivity index (χ0) is 11.2. The average molecular weight is 210 g/mol. The van der Waals surface area contributed by atoms with Gasteiger partial charge >= 0.3 is 0 Å². The predicted molar refractivity (Wildman–Crippen MR) is 51.7 cm³/mol. The van der Waals surface area contributed by atoms with E-state index < -0.39 is 11.6 Å². The highest BCUT2D eigenvalue weighted by atomic mass is 19.1. The summed E-state index contributed by atoms with van der Waals surface area (Å²) in [5.74, 6) is -0.968. The molecule has 1 aliphatic rings. The first-order valence-electron chi connectivity index (χ1n) is 4.61. The number of rotatable bonds is 1. The van der Waals surface area contributed by atoms with Crippen molar-refractivity contribution < 1.29 is 18.7 Å². The molecule has 3 nitrogen and oxygen atoms in total. The Labute approximate surface area is 86.8 Å². The lowest BCUT2D eigenvalue weighted by molar-refractivity contribution is -0.0432. The van der Waals surface area contributed by atoms with E-state index in [9.17, 15) is 9.18 Å². The lowest BCUT2D eigenvalue weighted by atomic mass is 10.1. The number of halogens is 1. The van der Waals surface area contributed by atoms with E-state index in [1.54, 1.807) is 13.8 Å². The Kier molecular flexibility index (Phi) is 1.96. The average Bonchev–Trinajstić information content (AvgIpc) is 2.36. The molecule has 1 heterocycles. The van der Waals surface area contributed by atoms with Gasteiger partial charge in [0.05, 0.1) is 5.56 Å². The minimum Gasteiger partial charge on any atom is -0.449 e. The Hall–Kier alpha value is -1.58. The van der Waals surface area contributed by atoms with Crippen LogP contribution in [0.1, 0.15) is 31.1 Å². The summed E-state index contributed by atoms with van der Waals surface area (Å²) in [4.78, 5) is 11.1. The fourth-order valence-corrected chi connectivity index (χ4v) is 1.51. The van der Waals surface area contributed by atoms with Crippen molar-refractivity contribution in [3.63, 3.8) is 0 Å². The number of ether oxygens (including phenoxy) is 2. The molecule has 4 heteroatoms. The molecule has 0 atom stereocenters. The fourth-order valence-electron chi connectivity index (χ4n) is 1.51. The van der Waals surface area contributed by atoms with Crippen molar-refractivity contribution in [3.8, 4) is 11.5 Å². The largest absolute Gasteiger partial charge is 0.449 e. The smallest absolute Gasteiger partial charge is 0.246 e. The second-order valence-electron chi connectivity index (χ2n) is 3.94. The first-order chi connectivity index (χ1) is 6.89. The summed E-state index contributed by atoms with van der Waals surface area (Å²) in [6.07, 6.45) is 0. The van der Waals surface area contributed by atoms with Crippen molar-refractivity contribution in [2.45, 2.75) is 26.6 Å². The maximum absolute atomic E-state index is 13.4. The third-order valence-electron chi connectivity index (χ3n) is 2.12. The summed E-state index contributed by atoms with van der Waals surface area (Å²) < 4.78 is 24.1. The summed E-state index contributed by atoms with van der Waals surface area (Å²) in [6, 6.07) is 2.56. The van der Waals surface area contributed by atoms with Crippen LogP contribution in [0, 0.1) is 5.82 Å². The Morgan fingerprint density at radius 1 is 1.27 bits per heavy atom. The van der Waals surface area contributed by atoms with E-state index in [0.717, 1.165) is 0 Å². The van der Waals surface area contributed by atoms with Crippen LogP contribution in [0.2, 0.25) is 0 Å². The zero-order valence-corrected chi connectivity index (χ0v) is 8.76. The fraction of sp³-hybridized carbons (Fsp3) is 0.364. The van der Waals surface area contributed by atoms with Crippen LogP contribution in [0.3, 0.4) is 0 Å². The second-order valence-corrected chi connectivity index (χ2v) is 3.94. The van der Waals surface area contributed by atoms with Gasteiger partial charge in [0.15, 0.2) is 17.3 Å². The third-order valence-corrected chi connectivity index (χ3v) is 2.12. The second kappa shape index (κ2) is 2.95. The summed E-state index contributed by atoms with van der Waals surface area (Å²) in [5, 5.41) is 0. The summed E-state index contributed by atoms with van der Waals surface area (Å²) in [7, 11) is 0. The van der Waals surface area contributed by atoms with Crippen LogP contribution in [0.15, 0.2) is 12.1 Å². The van der Waals surface area contributed by atoms with Gasteiger partial charge in [-0.25, -0.2) is 4.39 Å². The van der Waals surface area contributed by atoms with Crippen LogP contribution >= 0.6 is 0 Å². The van der Waals surface area contributed by atoms with Gasteiger partial charge in [0.2, 0.25) is 5.79 Å². The molecule has 0 saturated heterocycles. The van der Waals surface area contributed by atoms with E-state index in [2.05, 4.69) is 0 Å². The number of benzene rings is 1. The van der Waals surface area contributed by atoms with Crippen LogP contribution < -0.4 is 9.47 Å². The van der Waals surface area contributed by atoms with Crippen LogP contribution in [-0.2, 0) is 0 Å². The highest BCUT2D eigenvalue weighted by Gasteiger charge is 2.33. The number of fused-ring (bicyclic) bond motifs is 1. The summed E-state index contributed by atoms with van der Waals surface area (Å²) in [5.41, 5.74) is 0.0232. The minimum absolute atomic E-state index is 0.0232. The third kappa shape index (κ3) is 1.67. The van der Waals surface area contributed by atoms with Gasteiger partial charge in [-0.3, -0.25) is 4.79 Å². The first-order valence-corrected chi connectivity index (χ1v) is 4.61. The molecule has 0 spiro atoms. The Morgan fingerprint density at radius 3 is 2.33 bits per heavy atom. The van der Waals surface area contributed by atoms with E-state index >= 15 is 0 Å². The monoisotopic (exact) mass is 210 g/mol. The van der Waals surface area contributed by atoms with E-state index in [-0.39, 0.29) is 11.3 Å². The Morgan fingerprint density at radius 2 is 1.80 bits per heavy atom.